The fourth-order valence-corrected chi connectivity index (χ4v) is 4.83. The maximum Gasteiger partial charge on any atom is 0.308 e. The van der Waals surface area contributed by atoms with Gasteiger partial charge in [0.2, 0.25) is 0 Å². The van der Waals surface area contributed by atoms with E-state index in [2.05, 4.69) is 0 Å². The number of rotatable bonds is 3. The van der Waals surface area contributed by atoms with Crippen molar-refractivity contribution in [2.24, 2.45) is 0 Å². The molecule has 0 bridgehead atoms. The normalized spacial score (nSPS) is 12.5. The van der Waals surface area contributed by atoms with E-state index in [0.717, 1.165) is 25.1 Å². The fraction of sp³-hybridized carbons (Fsp3) is 0.133. The maximum atomic E-state index is 11.1. The molecule has 2 aromatic carbocycles. The molecular formula is C15H11ClO3S2. The van der Waals surface area contributed by atoms with E-state index in [-0.39, 0.29) is 6.42 Å². The van der Waals surface area contributed by atoms with E-state index in [0.29, 0.717) is 10.8 Å². The second-order valence-corrected chi connectivity index (χ2v) is 7.01. The SMILES string of the molecule is COc1ccc2c(c1CC(=O)O)Sc1ccc(Cl)cc1S2. The summed E-state index contributed by atoms with van der Waals surface area (Å²) in [5.74, 6) is -0.254. The van der Waals surface area contributed by atoms with Gasteiger partial charge < -0.3 is 9.84 Å². The van der Waals surface area contributed by atoms with Crippen LogP contribution in [0.15, 0.2) is 49.9 Å². The van der Waals surface area contributed by atoms with Crippen LogP contribution in [0.3, 0.4) is 0 Å². The smallest absolute Gasteiger partial charge is 0.308 e. The van der Waals surface area contributed by atoms with E-state index < -0.39 is 5.97 Å². The average molecular weight is 339 g/mol. The molecule has 3 rings (SSSR count). The molecule has 2 aromatic rings. The molecule has 3 nitrogen and oxygen atoms in total. The van der Waals surface area contributed by atoms with E-state index in [1.54, 1.807) is 30.6 Å². The summed E-state index contributed by atoms with van der Waals surface area (Å²) < 4.78 is 5.31. The van der Waals surface area contributed by atoms with Crippen LogP contribution in [0.2, 0.25) is 5.02 Å². The molecule has 0 radical (unpaired) electrons. The molecule has 0 aromatic heterocycles. The Hall–Kier alpha value is -1.30. The summed E-state index contributed by atoms with van der Waals surface area (Å²) in [6, 6.07) is 9.51. The summed E-state index contributed by atoms with van der Waals surface area (Å²) in [7, 11) is 1.56. The highest BCUT2D eigenvalue weighted by Gasteiger charge is 2.23. The van der Waals surface area contributed by atoms with Crippen LogP contribution in [0, 0.1) is 0 Å². The van der Waals surface area contributed by atoms with E-state index in [9.17, 15) is 4.79 Å². The van der Waals surface area contributed by atoms with Crippen molar-refractivity contribution in [3.63, 3.8) is 0 Å². The van der Waals surface area contributed by atoms with Crippen molar-refractivity contribution in [1.29, 1.82) is 0 Å². The number of aliphatic carboxylic acids is 1. The summed E-state index contributed by atoms with van der Waals surface area (Å²) in [6.07, 6.45) is -0.0527. The lowest BCUT2D eigenvalue weighted by Gasteiger charge is -2.22. The number of hydrogen-bond acceptors (Lipinski definition) is 4. The summed E-state index contributed by atoms with van der Waals surface area (Å²) in [6.45, 7) is 0. The molecule has 0 aliphatic carbocycles. The lowest BCUT2D eigenvalue weighted by Crippen LogP contribution is -2.06. The molecule has 108 valence electrons. The Labute approximate surface area is 135 Å². The predicted octanol–water partition coefficient (Wildman–Crippen LogP) is 4.59. The zero-order chi connectivity index (χ0) is 15.0. The predicted molar refractivity (Wildman–Crippen MR) is 84.0 cm³/mol. The second kappa shape index (κ2) is 5.83. The molecular weight excluding hydrogens is 328 g/mol. The van der Waals surface area contributed by atoms with Gasteiger partial charge in [0.15, 0.2) is 0 Å². The van der Waals surface area contributed by atoms with E-state index >= 15 is 0 Å². The Morgan fingerprint density at radius 3 is 2.67 bits per heavy atom. The van der Waals surface area contributed by atoms with Crippen LogP contribution in [0.5, 0.6) is 5.75 Å². The molecule has 1 heterocycles. The zero-order valence-electron chi connectivity index (χ0n) is 11.1. The quantitative estimate of drug-likeness (QED) is 0.756. The number of fused-ring (bicyclic) bond motifs is 2. The fourth-order valence-electron chi connectivity index (χ4n) is 2.16. The van der Waals surface area contributed by atoms with Gasteiger partial charge in [0, 0.05) is 30.2 Å². The minimum Gasteiger partial charge on any atom is -0.496 e. The third-order valence-electron chi connectivity index (χ3n) is 3.07. The van der Waals surface area contributed by atoms with Gasteiger partial charge in [-0.15, -0.1) is 0 Å². The first-order valence-corrected chi connectivity index (χ1v) is 8.16. The number of carbonyl (C=O) groups is 1. The Balaban J connectivity index is 2.10. The van der Waals surface area contributed by atoms with Gasteiger partial charge in [-0.3, -0.25) is 4.79 Å². The van der Waals surface area contributed by atoms with Crippen LogP contribution < -0.4 is 4.74 Å². The molecule has 0 atom stereocenters. The molecule has 6 heteroatoms. The zero-order valence-corrected chi connectivity index (χ0v) is 13.4. The van der Waals surface area contributed by atoms with E-state index in [4.69, 9.17) is 21.4 Å². The molecule has 0 saturated heterocycles. The number of carboxylic acids is 1. The minimum atomic E-state index is -0.866. The van der Waals surface area contributed by atoms with Gasteiger partial charge >= 0.3 is 5.97 Å². The number of ether oxygens (including phenoxy) is 1. The highest BCUT2D eigenvalue weighted by molar-refractivity contribution is 8.05. The number of benzene rings is 2. The first-order chi connectivity index (χ1) is 10.1. The van der Waals surface area contributed by atoms with Crippen molar-refractivity contribution in [3.05, 3.63) is 40.9 Å². The van der Waals surface area contributed by atoms with Gasteiger partial charge in [-0.1, -0.05) is 35.1 Å². The monoisotopic (exact) mass is 338 g/mol. The number of methoxy groups -OCH3 is 1. The van der Waals surface area contributed by atoms with Gasteiger partial charge in [-0.25, -0.2) is 0 Å². The van der Waals surface area contributed by atoms with Crippen LogP contribution >= 0.6 is 35.1 Å². The van der Waals surface area contributed by atoms with Crippen molar-refractivity contribution >= 4 is 41.1 Å². The number of hydrogen-bond donors (Lipinski definition) is 1. The molecule has 1 aliphatic rings. The van der Waals surface area contributed by atoms with Crippen LogP contribution in [0.25, 0.3) is 0 Å². The van der Waals surface area contributed by atoms with Gasteiger partial charge in [0.1, 0.15) is 5.75 Å². The van der Waals surface area contributed by atoms with Crippen LogP contribution in [-0.2, 0) is 11.2 Å². The van der Waals surface area contributed by atoms with Crippen molar-refractivity contribution < 1.29 is 14.6 Å². The van der Waals surface area contributed by atoms with Crippen LogP contribution in [-0.4, -0.2) is 18.2 Å². The molecule has 1 N–H and O–H groups in total. The Kier molecular flexibility index (Phi) is 4.06. The molecule has 21 heavy (non-hydrogen) atoms. The molecule has 1 aliphatic heterocycles. The van der Waals surface area contributed by atoms with Gasteiger partial charge in [0.25, 0.3) is 0 Å². The molecule has 0 unspecified atom stereocenters. The topological polar surface area (TPSA) is 46.5 Å². The first-order valence-electron chi connectivity index (χ1n) is 6.15. The highest BCUT2D eigenvalue weighted by atomic mass is 35.5. The van der Waals surface area contributed by atoms with Crippen molar-refractivity contribution in [1.82, 2.24) is 0 Å². The average Bonchev–Trinajstić information content (AvgIpc) is 2.45. The second-order valence-electron chi connectivity index (χ2n) is 4.44. The lowest BCUT2D eigenvalue weighted by atomic mass is 10.1. The van der Waals surface area contributed by atoms with E-state index in [1.165, 1.54) is 0 Å². The number of carboxylic acid groups (broad SMARTS) is 1. The van der Waals surface area contributed by atoms with Gasteiger partial charge in [-0.2, -0.15) is 0 Å². The Morgan fingerprint density at radius 1 is 1.19 bits per heavy atom. The third-order valence-corrected chi connectivity index (χ3v) is 5.92. The summed E-state index contributed by atoms with van der Waals surface area (Å²) in [5, 5.41) is 9.83. The summed E-state index contributed by atoms with van der Waals surface area (Å²) >= 11 is 9.20. The largest absolute Gasteiger partial charge is 0.496 e. The summed E-state index contributed by atoms with van der Waals surface area (Å²) in [4.78, 5) is 15.3. The lowest BCUT2D eigenvalue weighted by molar-refractivity contribution is -0.136. The molecule has 0 amide bonds. The third kappa shape index (κ3) is 2.86. The molecule has 0 saturated carbocycles. The standard InChI is InChI=1S/C15H11ClO3S2/c1-19-10-3-5-12-15(9(10)7-14(17)18)21-11-4-2-8(16)6-13(11)20-12/h2-6H,7H2,1H3,(H,17,18). The molecule has 0 spiro atoms. The first kappa shape index (κ1) is 14.6. The van der Waals surface area contributed by atoms with Crippen LogP contribution in [0.4, 0.5) is 0 Å². The van der Waals surface area contributed by atoms with E-state index in [1.807, 2.05) is 30.3 Å². The maximum absolute atomic E-state index is 11.1. The summed E-state index contributed by atoms with van der Waals surface area (Å²) in [5.41, 5.74) is 0.723. The minimum absolute atomic E-state index is 0.0527. The van der Waals surface area contributed by atoms with Gasteiger partial charge in [0.05, 0.1) is 13.5 Å². The number of halogens is 1. The Bertz CT molecular complexity index is 731. The van der Waals surface area contributed by atoms with Crippen molar-refractivity contribution in [2.45, 2.75) is 26.0 Å². The van der Waals surface area contributed by atoms with Gasteiger partial charge in [-0.05, 0) is 30.3 Å². The van der Waals surface area contributed by atoms with Crippen molar-refractivity contribution in [3.8, 4) is 5.75 Å². The van der Waals surface area contributed by atoms with Crippen molar-refractivity contribution in [2.75, 3.05) is 7.11 Å². The Morgan fingerprint density at radius 2 is 1.95 bits per heavy atom. The van der Waals surface area contributed by atoms with Crippen LogP contribution in [0.1, 0.15) is 5.56 Å². The molecule has 0 fully saturated rings. The highest BCUT2D eigenvalue weighted by Crippen LogP contribution is 2.51.